The topological polar surface area (TPSA) is 89.5 Å². The molecule has 2 aromatic heterocycles. The smallest absolute Gasteiger partial charge is 0.300 e. The molecule has 0 aliphatic rings. The summed E-state index contributed by atoms with van der Waals surface area (Å²) in [6, 6.07) is 2.94. The number of carbonyl (C=O) groups excluding carboxylic acids is 1. The van der Waals surface area contributed by atoms with Crippen molar-refractivity contribution in [3.63, 3.8) is 0 Å². The zero-order valence-electron chi connectivity index (χ0n) is 11.4. The van der Waals surface area contributed by atoms with E-state index in [4.69, 9.17) is 16.0 Å². The molecule has 2 aromatic rings. The average molecular weight is 310 g/mol. The minimum absolute atomic E-state index is 0.0249. The Morgan fingerprint density at radius 3 is 2.86 bits per heavy atom. The van der Waals surface area contributed by atoms with Gasteiger partial charge in [0.15, 0.2) is 0 Å². The van der Waals surface area contributed by atoms with Crippen LogP contribution in [-0.2, 0) is 6.54 Å². The van der Waals surface area contributed by atoms with Crippen molar-refractivity contribution in [2.75, 3.05) is 7.05 Å². The highest BCUT2D eigenvalue weighted by atomic mass is 35.5. The van der Waals surface area contributed by atoms with Crippen molar-refractivity contribution in [1.29, 1.82) is 0 Å². The molecule has 0 radical (unpaired) electrons. The second kappa shape index (κ2) is 5.92. The number of hydrogen-bond donors (Lipinski definition) is 0. The number of amides is 1. The summed E-state index contributed by atoms with van der Waals surface area (Å²) in [6.45, 7) is 2.05. The van der Waals surface area contributed by atoms with Gasteiger partial charge >= 0.3 is 0 Å². The lowest BCUT2D eigenvalue weighted by atomic mass is 10.2. The fourth-order valence-corrected chi connectivity index (χ4v) is 2.01. The van der Waals surface area contributed by atoms with Gasteiger partial charge in [-0.15, -0.1) is 0 Å². The number of aromatic nitrogens is 1. The number of hydrogen-bond acceptors (Lipinski definition) is 5. The molecule has 0 aliphatic carbocycles. The summed E-state index contributed by atoms with van der Waals surface area (Å²) in [5, 5.41) is 11.0. The third-order valence-corrected chi connectivity index (χ3v) is 3.20. The summed E-state index contributed by atoms with van der Waals surface area (Å²) in [5.41, 5.74) is 0.359. The fourth-order valence-electron chi connectivity index (χ4n) is 1.85. The van der Waals surface area contributed by atoms with Crippen LogP contribution in [0.2, 0.25) is 5.15 Å². The van der Waals surface area contributed by atoms with Crippen LogP contribution in [0.15, 0.2) is 29.0 Å². The summed E-state index contributed by atoms with van der Waals surface area (Å²) in [6.07, 6.45) is 2.50. The van der Waals surface area contributed by atoms with Gasteiger partial charge in [-0.3, -0.25) is 14.9 Å². The molecule has 0 saturated carbocycles. The van der Waals surface area contributed by atoms with E-state index < -0.39 is 10.8 Å². The highest BCUT2D eigenvalue weighted by molar-refractivity contribution is 6.29. The van der Waals surface area contributed by atoms with E-state index in [2.05, 4.69) is 4.98 Å². The molecule has 2 heterocycles. The van der Waals surface area contributed by atoms with Crippen molar-refractivity contribution >= 4 is 23.2 Å². The number of halogens is 1. The quantitative estimate of drug-likeness (QED) is 0.492. The Morgan fingerprint density at radius 1 is 1.57 bits per heavy atom. The van der Waals surface area contributed by atoms with Crippen LogP contribution in [0.25, 0.3) is 0 Å². The van der Waals surface area contributed by atoms with E-state index in [1.54, 1.807) is 20.0 Å². The maximum absolute atomic E-state index is 12.4. The first kappa shape index (κ1) is 15.0. The van der Waals surface area contributed by atoms with E-state index >= 15 is 0 Å². The predicted molar refractivity (Wildman–Crippen MR) is 75.1 cm³/mol. The number of aryl methyl sites for hydroxylation is 1. The summed E-state index contributed by atoms with van der Waals surface area (Å²) in [7, 11) is 1.55. The van der Waals surface area contributed by atoms with Gasteiger partial charge in [-0.1, -0.05) is 11.6 Å². The Hall–Kier alpha value is -2.41. The first-order chi connectivity index (χ1) is 9.90. The Morgan fingerprint density at radius 2 is 2.29 bits per heavy atom. The summed E-state index contributed by atoms with van der Waals surface area (Å²) >= 11 is 5.72. The number of pyridine rings is 1. The van der Waals surface area contributed by atoms with Gasteiger partial charge in [-0.2, -0.15) is 0 Å². The van der Waals surface area contributed by atoms with Gasteiger partial charge in [0, 0.05) is 19.2 Å². The molecule has 2 rings (SSSR count). The lowest BCUT2D eigenvalue weighted by Crippen LogP contribution is -2.27. The van der Waals surface area contributed by atoms with Gasteiger partial charge in [0.05, 0.1) is 11.2 Å². The van der Waals surface area contributed by atoms with Crippen molar-refractivity contribution in [2.45, 2.75) is 13.5 Å². The minimum Gasteiger partial charge on any atom is -0.469 e. The monoisotopic (exact) mass is 309 g/mol. The minimum atomic E-state index is -0.659. The average Bonchev–Trinajstić information content (AvgIpc) is 2.83. The summed E-state index contributed by atoms with van der Waals surface area (Å²) in [5.74, 6) is 0.184. The zero-order valence-corrected chi connectivity index (χ0v) is 12.1. The van der Waals surface area contributed by atoms with Crippen LogP contribution in [-0.4, -0.2) is 27.8 Å². The van der Waals surface area contributed by atoms with Crippen molar-refractivity contribution in [3.8, 4) is 0 Å². The van der Waals surface area contributed by atoms with Crippen LogP contribution in [0, 0.1) is 17.0 Å². The highest BCUT2D eigenvalue weighted by Crippen LogP contribution is 2.22. The van der Waals surface area contributed by atoms with Crippen LogP contribution >= 0.6 is 11.6 Å². The maximum atomic E-state index is 12.4. The van der Waals surface area contributed by atoms with Gasteiger partial charge in [0.25, 0.3) is 11.6 Å². The Balaban J connectivity index is 2.29. The summed E-state index contributed by atoms with van der Waals surface area (Å²) in [4.78, 5) is 27.7. The number of nitro groups is 1. The Bertz CT molecular complexity index is 698. The predicted octanol–water partition coefficient (Wildman–Crippen LogP) is 2.82. The van der Waals surface area contributed by atoms with Gasteiger partial charge in [-0.25, -0.2) is 4.98 Å². The molecule has 0 saturated heterocycles. The van der Waals surface area contributed by atoms with E-state index in [9.17, 15) is 14.9 Å². The van der Waals surface area contributed by atoms with Crippen LogP contribution in [0.1, 0.15) is 21.7 Å². The molecule has 0 atom stereocenters. The van der Waals surface area contributed by atoms with Crippen molar-refractivity contribution in [3.05, 3.63) is 56.7 Å². The van der Waals surface area contributed by atoms with E-state index in [0.29, 0.717) is 5.76 Å². The van der Waals surface area contributed by atoms with E-state index in [1.807, 2.05) is 0 Å². The van der Waals surface area contributed by atoms with Crippen LogP contribution < -0.4 is 0 Å². The Labute approximate surface area is 125 Å². The number of rotatable bonds is 4. The molecule has 21 heavy (non-hydrogen) atoms. The molecule has 8 heteroatoms. The lowest BCUT2D eigenvalue weighted by molar-refractivity contribution is -0.385. The molecule has 0 N–H and O–H groups in total. The first-order valence-electron chi connectivity index (χ1n) is 5.98. The lowest BCUT2D eigenvalue weighted by Gasteiger charge is -2.16. The zero-order chi connectivity index (χ0) is 15.6. The molecule has 110 valence electrons. The van der Waals surface area contributed by atoms with E-state index in [0.717, 1.165) is 11.8 Å². The highest BCUT2D eigenvalue weighted by Gasteiger charge is 2.24. The molecule has 7 nitrogen and oxygen atoms in total. The van der Waals surface area contributed by atoms with Gasteiger partial charge in [-0.05, 0) is 19.1 Å². The van der Waals surface area contributed by atoms with Crippen LogP contribution in [0.5, 0.6) is 0 Å². The first-order valence-corrected chi connectivity index (χ1v) is 6.36. The second-order valence-corrected chi connectivity index (χ2v) is 4.83. The van der Waals surface area contributed by atoms with E-state index in [1.165, 1.54) is 17.2 Å². The number of nitrogens with zero attached hydrogens (tertiary/aromatic N) is 3. The summed E-state index contributed by atoms with van der Waals surface area (Å²) < 4.78 is 5.15. The van der Waals surface area contributed by atoms with Crippen LogP contribution in [0.4, 0.5) is 5.69 Å². The Kier molecular flexibility index (Phi) is 4.23. The largest absolute Gasteiger partial charge is 0.469 e. The third-order valence-electron chi connectivity index (χ3n) is 3.00. The van der Waals surface area contributed by atoms with Crippen molar-refractivity contribution < 1.29 is 14.1 Å². The van der Waals surface area contributed by atoms with Gasteiger partial charge in [0.2, 0.25) is 0 Å². The number of furan rings is 1. The van der Waals surface area contributed by atoms with E-state index in [-0.39, 0.29) is 22.9 Å². The third kappa shape index (κ3) is 3.19. The second-order valence-electron chi connectivity index (χ2n) is 4.44. The molecule has 1 amide bonds. The number of carbonyl (C=O) groups is 1. The molecule has 0 aliphatic heterocycles. The molecule has 0 unspecified atom stereocenters. The normalized spacial score (nSPS) is 10.4. The SMILES string of the molecule is Cc1occc1CN(C)C(=O)c1cc(Cl)ncc1[N+](=O)[O-]. The van der Waals surface area contributed by atoms with Crippen LogP contribution in [0.3, 0.4) is 0 Å². The molecule has 0 bridgehead atoms. The molecular weight excluding hydrogens is 298 g/mol. The van der Waals surface area contributed by atoms with Crippen molar-refractivity contribution in [1.82, 2.24) is 9.88 Å². The van der Waals surface area contributed by atoms with Crippen molar-refractivity contribution in [2.24, 2.45) is 0 Å². The molecule has 0 spiro atoms. The standard InChI is InChI=1S/C13H12ClN3O4/c1-8-9(3-4-21-8)7-16(2)13(18)10-5-12(14)15-6-11(10)17(19)20/h3-6H,7H2,1-2H3. The molecule has 0 aromatic carbocycles. The maximum Gasteiger partial charge on any atom is 0.300 e. The van der Waals surface area contributed by atoms with Gasteiger partial charge < -0.3 is 9.32 Å². The molecular formula is C13H12ClN3O4. The van der Waals surface area contributed by atoms with Gasteiger partial charge in [0.1, 0.15) is 22.7 Å². The molecule has 0 fully saturated rings. The fraction of sp³-hybridized carbons (Fsp3) is 0.231.